The summed E-state index contributed by atoms with van der Waals surface area (Å²) in [5.74, 6) is -0.300. The van der Waals surface area contributed by atoms with Gasteiger partial charge in [0, 0.05) is 5.57 Å². The maximum atomic E-state index is 10.8. The van der Waals surface area contributed by atoms with Gasteiger partial charge in [0.25, 0.3) is 0 Å². The van der Waals surface area contributed by atoms with E-state index in [-0.39, 0.29) is 23.9 Å². The van der Waals surface area contributed by atoms with Crippen molar-refractivity contribution in [1.82, 2.24) is 0 Å². The van der Waals surface area contributed by atoms with Gasteiger partial charge in [-0.05, 0) is 6.92 Å². The van der Waals surface area contributed by atoms with E-state index < -0.39 is 0 Å². The van der Waals surface area contributed by atoms with E-state index >= 15 is 0 Å². The van der Waals surface area contributed by atoms with Crippen molar-refractivity contribution < 1.29 is 32.3 Å². The van der Waals surface area contributed by atoms with Crippen molar-refractivity contribution in [1.29, 1.82) is 0 Å². The number of carbonyl (C=O) groups is 1. The average Bonchev–Trinajstić information content (AvgIpc) is 1.86. The molecule has 0 spiro atoms. The summed E-state index contributed by atoms with van der Waals surface area (Å²) >= 11 is 0. The lowest BCUT2D eigenvalue weighted by atomic mass is 10.4. The lowest BCUT2D eigenvalue weighted by Crippen LogP contribution is -3.06. The van der Waals surface area contributed by atoms with Crippen LogP contribution in [0.1, 0.15) is 6.92 Å². The smallest absolute Gasteiger partial charge is 0.333 e. The van der Waals surface area contributed by atoms with E-state index in [0.717, 1.165) is 6.54 Å². The molecule has 0 fully saturated rings. The Bertz CT molecular complexity index is 159. The topological polar surface area (TPSA) is 62.2 Å². The Morgan fingerprint density at radius 1 is 1.46 bits per heavy atom. The summed E-state index contributed by atoms with van der Waals surface area (Å²) in [5, 5.41) is 0. The van der Waals surface area contributed by atoms with Crippen molar-refractivity contribution >= 4 is 5.97 Å². The van der Waals surface area contributed by atoms with Gasteiger partial charge >= 0.3 is 5.97 Å². The van der Waals surface area contributed by atoms with E-state index in [0.29, 0.717) is 12.2 Å². The molecule has 80 valence electrons. The van der Waals surface area contributed by atoms with Gasteiger partial charge in [0.1, 0.15) is 13.2 Å². The summed E-state index contributed by atoms with van der Waals surface area (Å²) in [6.45, 7) is 6.41. The highest BCUT2D eigenvalue weighted by Crippen LogP contribution is 1.89. The van der Waals surface area contributed by atoms with Gasteiger partial charge in [-0.25, -0.2) is 4.79 Å². The molecule has 0 aromatic rings. The number of likely N-dealkylation sites (N-methyl/N-ethyl adjacent to an activating group) is 1. The molecule has 4 nitrogen and oxygen atoms in total. The van der Waals surface area contributed by atoms with E-state index in [1.165, 1.54) is 4.90 Å². The summed E-state index contributed by atoms with van der Waals surface area (Å²) in [5.41, 5.74) is 0.457. The molecule has 0 bridgehead atoms. The Morgan fingerprint density at radius 2 is 1.92 bits per heavy atom. The molecular formula is C8H18ClNO3. The predicted octanol–water partition coefficient (Wildman–Crippen LogP) is -4.57. The minimum atomic E-state index is -0.300. The van der Waals surface area contributed by atoms with Crippen molar-refractivity contribution in [3.8, 4) is 0 Å². The normalized spacial score (nSPS) is 8.31. The Morgan fingerprint density at radius 3 is 2.23 bits per heavy atom. The van der Waals surface area contributed by atoms with Gasteiger partial charge in [-0.15, -0.1) is 0 Å². The molecule has 0 unspecified atom stereocenters. The second-order valence-electron chi connectivity index (χ2n) is 2.87. The first-order valence-corrected chi connectivity index (χ1v) is 3.65. The Balaban J connectivity index is -0.000000500. The van der Waals surface area contributed by atoms with Crippen LogP contribution in [0.5, 0.6) is 0 Å². The summed E-state index contributed by atoms with van der Waals surface area (Å²) in [4.78, 5) is 12.1. The highest BCUT2D eigenvalue weighted by molar-refractivity contribution is 5.86. The second-order valence-corrected chi connectivity index (χ2v) is 2.87. The number of quaternary nitrogens is 1. The number of hydrogen-bond donors (Lipinski definition) is 1. The molecule has 0 radical (unpaired) electrons. The standard InChI is InChI=1S/C8H15NO2.ClH.H2O/c1-7(2)8(10)11-6-5-9(3)4;;/h1,5-6H2,2-4H3;1H;1H2. The molecule has 0 rings (SSSR count). The summed E-state index contributed by atoms with van der Waals surface area (Å²) in [6.07, 6.45) is 0. The number of hydrogen-bond acceptors (Lipinski definition) is 2. The summed E-state index contributed by atoms with van der Waals surface area (Å²) < 4.78 is 4.85. The van der Waals surface area contributed by atoms with Crippen molar-refractivity contribution in [2.24, 2.45) is 0 Å². The minimum absolute atomic E-state index is 0. The van der Waals surface area contributed by atoms with Gasteiger partial charge < -0.3 is 27.5 Å². The largest absolute Gasteiger partial charge is 1.00 e. The third-order valence-electron chi connectivity index (χ3n) is 1.18. The first kappa shape index (κ1) is 18.3. The highest BCUT2D eigenvalue weighted by atomic mass is 35.5. The SMILES string of the molecule is C=C(C)C(=O)OCC[NH+](C)C.O.[Cl-]. The minimum Gasteiger partial charge on any atom is -1.00 e. The molecule has 0 atom stereocenters. The van der Waals surface area contributed by atoms with Crippen molar-refractivity contribution in [2.75, 3.05) is 27.2 Å². The molecule has 0 heterocycles. The van der Waals surface area contributed by atoms with E-state index in [1.54, 1.807) is 6.92 Å². The first-order valence-electron chi connectivity index (χ1n) is 3.65. The van der Waals surface area contributed by atoms with E-state index in [4.69, 9.17) is 4.74 Å². The zero-order chi connectivity index (χ0) is 8.85. The van der Waals surface area contributed by atoms with Crippen molar-refractivity contribution in [3.63, 3.8) is 0 Å². The average molecular weight is 212 g/mol. The predicted molar refractivity (Wildman–Crippen MR) is 47.1 cm³/mol. The van der Waals surface area contributed by atoms with Crippen LogP contribution in [0.25, 0.3) is 0 Å². The van der Waals surface area contributed by atoms with Crippen LogP contribution in [0, 0.1) is 0 Å². The molecular weight excluding hydrogens is 194 g/mol. The molecule has 0 amide bonds. The number of nitrogens with one attached hydrogen (secondary N) is 1. The molecule has 0 aromatic carbocycles. The lowest BCUT2D eigenvalue weighted by Gasteiger charge is -2.07. The maximum absolute atomic E-state index is 10.8. The summed E-state index contributed by atoms with van der Waals surface area (Å²) in [6, 6.07) is 0. The van der Waals surface area contributed by atoms with E-state index in [9.17, 15) is 4.79 Å². The lowest BCUT2D eigenvalue weighted by molar-refractivity contribution is -0.858. The van der Waals surface area contributed by atoms with Crippen LogP contribution in [0.4, 0.5) is 0 Å². The fourth-order valence-corrected chi connectivity index (χ4v) is 0.471. The van der Waals surface area contributed by atoms with Crippen LogP contribution in [0.2, 0.25) is 0 Å². The number of halogens is 1. The molecule has 0 aliphatic carbocycles. The van der Waals surface area contributed by atoms with Crippen molar-refractivity contribution in [2.45, 2.75) is 6.92 Å². The number of carbonyl (C=O) groups excluding carboxylic acids is 1. The van der Waals surface area contributed by atoms with Crippen LogP contribution >= 0.6 is 0 Å². The van der Waals surface area contributed by atoms with Crippen LogP contribution in [0.15, 0.2) is 12.2 Å². The Hall–Kier alpha value is -0.580. The summed E-state index contributed by atoms with van der Waals surface area (Å²) in [7, 11) is 4.02. The van der Waals surface area contributed by atoms with Gasteiger partial charge in [-0.3, -0.25) is 0 Å². The number of esters is 1. The van der Waals surface area contributed by atoms with Gasteiger partial charge in [0.15, 0.2) is 0 Å². The molecule has 3 N–H and O–H groups in total. The van der Waals surface area contributed by atoms with E-state index in [2.05, 4.69) is 6.58 Å². The molecule has 5 heteroatoms. The molecule has 0 aliphatic heterocycles. The highest BCUT2D eigenvalue weighted by Gasteiger charge is 2.02. The molecule has 0 saturated carbocycles. The zero-order valence-electron chi connectivity index (χ0n) is 8.32. The van der Waals surface area contributed by atoms with Gasteiger partial charge in [-0.1, -0.05) is 6.58 Å². The third kappa shape index (κ3) is 11.4. The second kappa shape index (κ2) is 9.51. The fraction of sp³-hybridized carbons (Fsp3) is 0.625. The van der Waals surface area contributed by atoms with Crippen LogP contribution in [-0.4, -0.2) is 38.7 Å². The van der Waals surface area contributed by atoms with Crippen LogP contribution in [0.3, 0.4) is 0 Å². The van der Waals surface area contributed by atoms with Gasteiger partial charge in [0.05, 0.1) is 14.1 Å². The molecule has 0 saturated heterocycles. The van der Waals surface area contributed by atoms with E-state index in [1.807, 2.05) is 14.1 Å². The Kier molecular flexibility index (Phi) is 13.3. The fourth-order valence-electron chi connectivity index (χ4n) is 0.471. The molecule has 0 aliphatic rings. The number of ether oxygens (including phenoxy) is 1. The maximum Gasteiger partial charge on any atom is 0.333 e. The third-order valence-corrected chi connectivity index (χ3v) is 1.18. The molecule has 0 aromatic heterocycles. The molecule has 13 heavy (non-hydrogen) atoms. The number of rotatable bonds is 4. The van der Waals surface area contributed by atoms with Crippen LogP contribution < -0.4 is 17.3 Å². The van der Waals surface area contributed by atoms with Crippen LogP contribution in [-0.2, 0) is 9.53 Å². The quantitative estimate of drug-likeness (QED) is 0.376. The van der Waals surface area contributed by atoms with Gasteiger partial charge in [-0.2, -0.15) is 0 Å². The zero-order valence-corrected chi connectivity index (χ0v) is 9.07. The Labute approximate surface area is 85.3 Å². The van der Waals surface area contributed by atoms with Crippen molar-refractivity contribution in [3.05, 3.63) is 12.2 Å². The van der Waals surface area contributed by atoms with Gasteiger partial charge in [0.2, 0.25) is 0 Å². The first-order chi connectivity index (χ1) is 5.04. The monoisotopic (exact) mass is 211 g/mol.